The van der Waals surface area contributed by atoms with Crippen LogP contribution in [-0.4, -0.2) is 19.2 Å². The van der Waals surface area contributed by atoms with Crippen LogP contribution in [-0.2, 0) is 4.74 Å². The molecule has 3 nitrogen and oxygen atoms in total. The fourth-order valence-electron chi connectivity index (χ4n) is 1.08. The zero-order valence-corrected chi connectivity index (χ0v) is 7.09. The molecule has 1 aliphatic rings. The predicted molar refractivity (Wildman–Crippen MR) is 42.3 cm³/mol. The van der Waals surface area contributed by atoms with E-state index in [9.17, 15) is 4.79 Å². The van der Waals surface area contributed by atoms with E-state index in [1.54, 1.807) is 6.92 Å². The van der Waals surface area contributed by atoms with E-state index in [4.69, 9.17) is 4.74 Å². The number of carbonyl (C=O) groups is 1. The van der Waals surface area contributed by atoms with E-state index < -0.39 is 0 Å². The van der Waals surface area contributed by atoms with Gasteiger partial charge in [-0.15, -0.1) is 0 Å². The van der Waals surface area contributed by atoms with E-state index in [1.807, 2.05) is 0 Å². The SMILES string of the molecule is CCOC(=O)NCC1CC1C. The zero-order chi connectivity index (χ0) is 8.27. The summed E-state index contributed by atoms with van der Waals surface area (Å²) < 4.78 is 4.71. The summed E-state index contributed by atoms with van der Waals surface area (Å²) in [6.07, 6.45) is 0.957. The van der Waals surface area contributed by atoms with Gasteiger partial charge in [0.1, 0.15) is 0 Å². The summed E-state index contributed by atoms with van der Waals surface area (Å²) in [7, 11) is 0. The maximum Gasteiger partial charge on any atom is 0.407 e. The Balaban J connectivity index is 1.98. The van der Waals surface area contributed by atoms with Gasteiger partial charge in [-0.1, -0.05) is 6.92 Å². The highest BCUT2D eigenvalue weighted by Gasteiger charge is 2.32. The summed E-state index contributed by atoms with van der Waals surface area (Å²) in [5, 5.41) is 2.71. The Kier molecular flexibility index (Phi) is 2.74. The molecular formula is C8H15NO2. The quantitative estimate of drug-likeness (QED) is 0.672. The van der Waals surface area contributed by atoms with Gasteiger partial charge in [-0.3, -0.25) is 0 Å². The van der Waals surface area contributed by atoms with Crippen LogP contribution < -0.4 is 5.32 Å². The van der Waals surface area contributed by atoms with Crippen LogP contribution in [0.5, 0.6) is 0 Å². The van der Waals surface area contributed by atoms with Crippen molar-refractivity contribution in [2.24, 2.45) is 11.8 Å². The predicted octanol–water partition coefficient (Wildman–Crippen LogP) is 1.39. The number of alkyl carbamates (subject to hydrolysis) is 1. The highest BCUT2D eigenvalue weighted by atomic mass is 16.5. The minimum atomic E-state index is -0.286. The van der Waals surface area contributed by atoms with Gasteiger partial charge in [0.15, 0.2) is 0 Å². The molecule has 11 heavy (non-hydrogen) atoms. The van der Waals surface area contributed by atoms with Crippen LogP contribution in [0.15, 0.2) is 0 Å². The smallest absolute Gasteiger partial charge is 0.407 e. The van der Waals surface area contributed by atoms with Crippen molar-refractivity contribution in [2.75, 3.05) is 13.2 Å². The third-order valence-corrected chi connectivity index (χ3v) is 2.06. The highest BCUT2D eigenvalue weighted by molar-refractivity contribution is 5.67. The second-order valence-corrected chi connectivity index (χ2v) is 3.07. The Labute approximate surface area is 67.1 Å². The van der Waals surface area contributed by atoms with Crippen molar-refractivity contribution in [2.45, 2.75) is 20.3 Å². The second-order valence-electron chi connectivity index (χ2n) is 3.07. The summed E-state index contributed by atoms with van der Waals surface area (Å²) in [5.74, 6) is 1.48. The van der Waals surface area contributed by atoms with Gasteiger partial charge in [0, 0.05) is 6.54 Å². The molecule has 0 aromatic carbocycles. The van der Waals surface area contributed by atoms with Gasteiger partial charge >= 0.3 is 6.09 Å². The van der Waals surface area contributed by atoms with E-state index in [1.165, 1.54) is 6.42 Å². The largest absolute Gasteiger partial charge is 0.450 e. The van der Waals surface area contributed by atoms with Crippen molar-refractivity contribution in [3.05, 3.63) is 0 Å². The van der Waals surface area contributed by atoms with E-state index in [0.717, 1.165) is 12.5 Å². The van der Waals surface area contributed by atoms with Gasteiger partial charge in [-0.25, -0.2) is 4.79 Å². The molecule has 1 aliphatic carbocycles. The topological polar surface area (TPSA) is 38.3 Å². The molecular weight excluding hydrogens is 142 g/mol. The first-order valence-electron chi connectivity index (χ1n) is 4.14. The van der Waals surface area contributed by atoms with Crippen LogP contribution in [0.1, 0.15) is 20.3 Å². The highest BCUT2D eigenvalue weighted by Crippen LogP contribution is 2.36. The average Bonchev–Trinajstić information content (AvgIpc) is 2.63. The Morgan fingerprint density at radius 1 is 1.73 bits per heavy atom. The van der Waals surface area contributed by atoms with Crippen LogP contribution in [0.4, 0.5) is 4.79 Å². The molecule has 0 bridgehead atoms. The molecule has 1 amide bonds. The van der Waals surface area contributed by atoms with Crippen LogP contribution in [0.3, 0.4) is 0 Å². The van der Waals surface area contributed by atoms with Gasteiger partial charge < -0.3 is 10.1 Å². The number of ether oxygens (including phenoxy) is 1. The molecule has 0 aromatic rings. The Morgan fingerprint density at radius 3 is 2.82 bits per heavy atom. The molecule has 1 saturated carbocycles. The number of nitrogens with one attached hydrogen (secondary N) is 1. The molecule has 1 rings (SSSR count). The normalized spacial score (nSPS) is 27.8. The lowest BCUT2D eigenvalue weighted by atomic mass is 10.3. The molecule has 0 aromatic heterocycles. The van der Waals surface area contributed by atoms with Crippen LogP contribution in [0, 0.1) is 11.8 Å². The molecule has 1 N–H and O–H groups in total. The lowest BCUT2D eigenvalue weighted by Gasteiger charge is -2.02. The van der Waals surface area contributed by atoms with Crippen molar-refractivity contribution in [3.8, 4) is 0 Å². The zero-order valence-electron chi connectivity index (χ0n) is 7.09. The Morgan fingerprint density at radius 2 is 2.36 bits per heavy atom. The van der Waals surface area contributed by atoms with Crippen molar-refractivity contribution in [1.29, 1.82) is 0 Å². The van der Waals surface area contributed by atoms with Crippen molar-refractivity contribution in [3.63, 3.8) is 0 Å². The summed E-state index contributed by atoms with van der Waals surface area (Å²) in [5.41, 5.74) is 0. The van der Waals surface area contributed by atoms with Gasteiger partial charge in [0.25, 0.3) is 0 Å². The molecule has 0 aliphatic heterocycles. The van der Waals surface area contributed by atoms with Crippen LogP contribution >= 0.6 is 0 Å². The van der Waals surface area contributed by atoms with E-state index in [0.29, 0.717) is 12.5 Å². The number of hydrogen-bond donors (Lipinski definition) is 1. The first kappa shape index (κ1) is 8.37. The third kappa shape index (κ3) is 2.78. The number of hydrogen-bond acceptors (Lipinski definition) is 2. The Bertz CT molecular complexity index is 147. The summed E-state index contributed by atoms with van der Waals surface area (Å²) in [6, 6.07) is 0. The molecule has 0 heterocycles. The monoisotopic (exact) mass is 157 g/mol. The van der Waals surface area contributed by atoms with Gasteiger partial charge in [0.2, 0.25) is 0 Å². The summed E-state index contributed by atoms with van der Waals surface area (Å²) in [4.78, 5) is 10.7. The molecule has 1 fully saturated rings. The first-order chi connectivity index (χ1) is 5.24. The minimum absolute atomic E-state index is 0.286. The number of rotatable bonds is 3. The first-order valence-corrected chi connectivity index (χ1v) is 4.14. The Hall–Kier alpha value is -0.730. The standard InChI is InChI=1S/C8H15NO2/c1-3-11-8(10)9-5-7-4-6(7)2/h6-7H,3-5H2,1-2H3,(H,9,10). The maximum atomic E-state index is 10.7. The number of carbonyl (C=O) groups excluding carboxylic acids is 1. The molecule has 0 saturated heterocycles. The second kappa shape index (κ2) is 3.60. The molecule has 64 valence electrons. The maximum absolute atomic E-state index is 10.7. The van der Waals surface area contributed by atoms with Crippen molar-refractivity contribution < 1.29 is 9.53 Å². The molecule has 2 unspecified atom stereocenters. The lowest BCUT2D eigenvalue weighted by Crippen LogP contribution is -2.26. The summed E-state index contributed by atoms with van der Waals surface area (Å²) in [6.45, 7) is 5.23. The lowest BCUT2D eigenvalue weighted by molar-refractivity contribution is 0.151. The van der Waals surface area contributed by atoms with Crippen molar-refractivity contribution >= 4 is 6.09 Å². The van der Waals surface area contributed by atoms with Crippen molar-refractivity contribution in [1.82, 2.24) is 5.32 Å². The van der Waals surface area contributed by atoms with E-state index in [-0.39, 0.29) is 6.09 Å². The number of amides is 1. The van der Waals surface area contributed by atoms with Crippen LogP contribution in [0.2, 0.25) is 0 Å². The molecule has 0 radical (unpaired) electrons. The summed E-state index contributed by atoms with van der Waals surface area (Å²) >= 11 is 0. The fourth-order valence-corrected chi connectivity index (χ4v) is 1.08. The van der Waals surface area contributed by atoms with Gasteiger partial charge in [-0.05, 0) is 25.2 Å². The molecule has 0 spiro atoms. The van der Waals surface area contributed by atoms with E-state index >= 15 is 0 Å². The molecule has 2 atom stereocenters. The average molecular weight is 157 g/mol. The van der Waals surface area contributed by atoms with Crippen LogP contribution in [0.25, 0.3) is 0 Å². The van der Waals surface area contributed by atoms with E-state index in [2.05, 4.69) is 12.2 Å². The third-order valence-electron chi connectivity index (χ3n) is 2.06. The van der Waals surface area contributed by atoms with Gasteiger partial charge in [0.05, 0.1) is 6.61 Å². The minimum Gasteiger partial charge on any atom is -0.450 e. The molecule has 3 heteroatoms. The fraction of sp³-hybridized carbons (Fsp3) is 0.875. The van der Waals surface area contributed by atoms with Gasteiger partial charge in [-0.2, -0.15) is 0 Å².